The van der Waals surface area contributed by atoms with Crippen LogP contribution >= 0.6 is 0 Å². The predicted molar refractivity (Wildman–Crippen MR) is 91.0 cm³/mol. The molecule has 0 radical (unpaired) electrons. The smallest absolute Gasteiger partial charge is 0.254 e. The highest BCUT2D eigenvalue weighted by molar-refractivity contribution is 5.94. The van der Waals surface area contributed by atoms with Crippen molar-refractivity contribution >= 4 is 11.8 Å². The van der Waals surface area contributed by atoms with Gasteiger partial charge in [-0.1, -0.05) is 12.1 Å². The number of hydrogen-bond acceptors (Lipinski definition) is 3. The largest absolute Gasteiger partial charge is 0.351 e. The number of halogens is 2. The molecule has 134 valence electrons. The molecule has 0 aliphatic carbocycles. The Balaban J connectivity index is 1.81. The van der Waals surface area contributed by atoms with Gasteiger partial charge in [0.2, 0.25) is 5.91 Å². The zero-order valence-electron chi connectivity index (χ0n) is 14.1. The molecule has 2 aromatic rings. The summed E-state index contributed by atoms with van der Waals surface area (Å²) in [5.41, 5.74) is 1.09. The van der Waals surface area contributed by atoms with Gasteiger partial charge in [0.1, 0.15) is 11.6 Å². The van der Waals surface area contributed by atoms with Crippen molar-refractivity contribution < 1.29 is 18.4 Å². The van der Waals surface area contributed by atoms with Crippen LogP contribution in [0.2, 0.25) is 0 Å². The van der Waals surface area contributed by atoms with E-state index < -0.39 is 17.5 Å². The van der Waals surface area contributed by atoms with Gasteiger partial charge in [-0.05, 0) is 36.8 Å². The first-order valence-electron chi connectivity index (χ1n) is 7.93. The molecule has 0 aromatic heterocycles. The van der Waals surface area contributed by atoms with Gasteiger partial charge in [-0.15, -0.1) is 0 Å². The number of amides is 2. The molecule has 0 saturated heterocycles. The van der Waals surface area contributed by atoms with Crippen LogP contribution in [0.15, 0.2) is 42.5 Å². The number of nitrogens with zero attached hydrogens (tertiary/aromatic N) is 1. The highest BCUT2D eigenvalue weighted by atomic mass is 19.1. The van der Waals surface area contributed by atoms with Crippen LogP contribution in [0.25, 0.3) is 0 Å². The fourth-order valence-electron chi connectivity index (χ4n) is 2.30. The van der Waals surface area contributed by atoms with E-state index in [1.54, 1.807) is 31.2 Å². The second kappa shape index (κ2) is 8.72. The molecule has 7 heteroatoms. The van der Waals surface area contributed by atoms with E-state index in [1.165, 1.54) is 0 Å². The average molecular weight is 357 g/mol. The maximum absolute atomic E-state index is 13.5. The Morgan fingerprint density at radius 1 is 1.15 bits per heavy atom. The maximum atomic E-state index is 13.5. The summed E-state index contributed by atoms with van der Waals surface area (Å²) >= 11 is 0. The maximum Gasteiger partial charge on any atom is 0.254 e. The van der Waals surface area contributed by atoms with E-state index in [2.05, 4.69) is 10.6 Å². The van der Waals surface area contributed by atoms with Gasteiger partial charge in [-0.3, -0.25) is 9.59 Å². The van der Waals surface area contributed by atoms with Gasteiger partial charge < -0.3 is 10.6 Å². The van der Waals surface area contributed by atoms with Crippen LogP contribution in [-0.4, -0.2) is 18.4 Å². The average Bonchev–Trinajstić information content (AvgIpc) is 2.61. The summed E-state index contributed by atoms with van der Waals surface area (Å²) in [7, 11) is 0. The van der Waals surface area contributed by atoms with E-state index in [0.29, 0.717) is 11.6 Å². The fourth-order valence-corrected chi connectivity index (χ4v) is 2.30. The monoisotopic (exact) mass is 357 g/mol. The summed E-state index contributed by atoms with van der Waals surface area (Å²) in [6.45, 7) is 1.81. The third-order valence-electron chi connectivity index (χ3n) is 3.73. The number of nitrogens with one attached hydrogen (secondary N) is 2. The van der Waals surface area contributed by atoms with Crippen LogP contribution in [0, 0.1) is 23.0 Å². The number of benzene rings is 2. The summed E-state index contributed by atoms with van der Waals surface area (Å²) in [4.78, 5) is 23.8. The van der Waals surface area contributed by atoms with Gasteiger partial charge in [-0.25, -0.2) is 8.78 Å². The van der Waals surface area contributed by atoms with E-state index in [0.717, 1.165) is 17.7 Å². The fraction of sp³-hybridized carbons (Fsp3) is 0.211. The minimum Gasteiger partial charge on any atom is -0.351 e. The van der Waals surface area contributed by atoms with Crippen LogP contribution in [0.3, 0.4) is 0 Å². The zero-order valence-corrected chi connectivity index (χ0v) is 14.1. The van der Waals surface area contributed by atoms with Crippen LogP contribution in [0.4, 0.5) is 8.78 Å². The Morgan fingerprint density at radius 2 is 1.85 bits per heavy atom. The SMILES string of the molecule is CC(NC(=O)CCNC(=O)c1ccc(F)cc1F)c1ccc(C#N)cc1. The Morgan fingerprint density at radius 3 is 2.46 bits per heavy atom. The third kappa shape index (κ3) is 5.11. The number of rotatable bonds is 6. The van der Waals surface area contributed by atoms with Crippen molar-refractivity contribution in [2.45, 2.75) is 19.4 Å². The van der Waals surface area contributed by atoms with E-state index in [4.69, 9.17) is 5.26 Å². The van der Waals surface area contributed by atoms with Crippen molar-refractivity contribution in [3.8, 4) is 6.07 Å². The lowest BCUT2D eigenvalue weighted by molar-refractivity contribution is -0.121. The first-order valence-corrected chi connectivity index (χ1v) is 7.93. The topological polar surface area (TPSA) is 82.0 Å². The van der Waals surface area contributed by atoms with E-state index >= 15 is 0 Å². The minimum atomic E-state index is -0.957. The molecule has 1 atom stereocenters. The normalized spacial score (nSPS) is 11.3. The summed E-state index contributed by atoms with van der Waals surface area (Å²) in [6.07, 6.45) is 0.00910. The van der Waals surface area contributed by atoms with Crippen LogP contribution in [0.5, 0.6) is 0 Å². The van der Waals surface area contributed by atoms with Crippen molar-refractivity contribution in [2.75, 3.05) is 6.54 Å². The van der Waals surface area contributed by atoms with Crippen LogP contribution in [0.1, 0.15) is 40.9 Å². The second-order valence-corrected chi connectivity index (χ2v) is 5.65. The van der Waals surface area contributed by atoms with Crippen molar-refractivity contribution in [1.82, 2.24) is 10.6 Å². The molecular formula is C19H17F2N3O2. The van der Waals surface area contributed by atoms with Crippen molar-refractivity contribution in [2.24, 2.45) is 0 Å². The molecule has 0 fully saturated rings. The standard InChI is InChI=1S/C19H17F2N3O2/c1-12(14-4-2-13(11-22)3-5-14)24-18(25)8-9-23-19(26)16-7-6-15(20)10-17(16)21/h2-7,10,12H,8-9H2,1H3,(H,23,26)(H,24,25). The third-order valence-corrected chi connectivity index (χ3v) is 3.73. The molecule has 0 spiro atoms. The van der Waals surface area contributed by atoms with Crippen molar-refractivity contribution in [3.05, 3.63) is 70.8 Å². The molecule has 0 saturated carbocycles. The second-order valence-electron chi connectivity index (χ2n) is 5.65. The highest BCUT2D eigenvalue weighted by Gasteiger charge is 2.13. The number of carbonyl (C=O) groups is 2. The molecule has 0 aliphatic rings. The molecule has 0 bridgehead atoms. The molecule has 2 amide bonds. The number of carbonyl (C=O) groups excluding carboxylic acids is 2. The lowest BCUT2D eigenvalue weighted by Gasteiger charge is -2.14. The molecule has 2 aromatic carbocycles. The number of nitriles is 1. The minimum absolute atomic E-state index is 0.00910. The Kier molecular flexibility index (Phi) is 6.39. The van der Waals surface area contributed by atoms with Gasteiger partial charge in [0.05, 0.1) is 23.2 Å². The summed E-state index contributed by atoms with van der Waals surface area (Å²) in [5.74, 6) is -2.73. The molecule has 2 N–H and O–H groups in total. The highest BCUT2D eigenvalue weighted by Crippen LogP contribution is 2.13. The van der Waals surface area contributed by atoms with Gasteiger partial charge >= 0.3 is 0 Å². The molecule has 1 unspecified atom stereocenters. The summed E-state index contributed by atoms with van der Waals surface area (Å²) in [6, 6.07) is 11.2. The zero-order chi connectivity index (χ0) is 19.1. The quantitative estimate of drug-likeness (QED) is 0.834. The molecule has 5 nitrogen and oxygen atoms in total. The van der Waals surface area contributed by atoms with Gasteiger partial charge in [0.15, 0.2) is 0 Å². The van der Waals surface area contributed by atoms with Gasteiger partial charge in [0.25, 0.3) is 5.91 Å². The Bertz CT molecular complexity index is 845. The van der Waals surface area contributed by atoms with Crippen LogP contribution in [-0.2, 0) is 4.79 Å². The van der Waals surface area contributed by atoms with Crippen molar-refractivity contribution in [3.63, 3.8) is 0 Å². The molecule has 0 aliphatic heterocycles. The van der Waals surface area contributed by atoms with Crippen LogP contribution < -0.4 is 10.6 Å². The van der Waals surface area contributed by atoms with Gasteiger partial charge in [-0.2, -0.15) is 5.26 Å². The molecule has 2 rings (SSSR count). The lowest BCUT2D eigenvalue weighted by Crippen LogP contribution is -2.32. The first-order chi connectivity index (χ1) is 12.4. The molecule has 0 heterocycles. The van der Waals surface area contributed by atoms with E-state index in [1.807, 2.05) is 6.07 Å². The van der Waals surface area contributed by atoms with E-state index in [-0.39, 0.29) is 30.5 Å². The Hall–Kier alpha value is -3.27. The van der Waals surface area contributed by atoms with Crippen molar-refractivity contribution in [1.29, 1.82) is 5.26 Å². The van der Waals surface area contributed by atoms with E-state index in [9.17, 15) is 18.4 Å². The number of hydrogen-bond donors (Lipinski definition) is 2. The first kappa shape index (κ1) is 19.1. The lowest BCUT2D eigenvalue weighted by atomic mass is 10.1. The molecular weight excluding hydrogens is 340 g/mol. The Labute approximate surface area is 149 Å². The predicted octanol–water partition coefficient (Wildman–Crippen LogP) is 2.83. The summed E-state index contributed by atoms with van der Waals surface area (Å²) < 4.78 is 26.3. The summed E-state index contributed by atoms with van der Waals surface area (Å²) in [5, 5.41) is 14.0. The van der Waals surface area contributed by atoms with Gasteiger partial charge in [0, 0.05) is 19.0 Å². The molecule has 26 heavy (non-hydrogen) atoms.